The Morgan fingerprint density at radius 1 is 1.62 bits per heavy atom. The van der Waals surface area contributed by atoms with E-state index >= 15 is 0 Å². The monoisotopic (exact) mass is 173 g/mol. The number of hydrogen-bond acceptors (Lipinski definition) is 4. The standard InChI is InChI=1S/C8H7N5/c9-2-6-4-11-8-1-7(3-10)12-13(8)5-6/h1,4-5H,3,10H2. The summed E-state index contributed by atoms with van der Waals surface area (Å²) in [4.78, 5) is 4.04. The molecule has 0 aliphatic rings. The van der Waals surface area contributed by atoms with Crippen LogP contribution in [0.2, 0.25) is 0 Å². The summed E-state index contributed by atoms with van der Waals surface area (Å²) in [6, 6.07) is 3.78. The van der Waals surface area contributed by atoms with Crippen LogP contribution in [0, 0.1) is 11.3 Å². The lowest BCUT2D eigenvalue weighted by Gasteiger charge is -1.90. The van der Waals surface area contributed by atoms with Gasteiger partial charge in [-0.05, 0) is 0 Å². The molecule has 0 spiro atoms. The van der Waals surface area contributed by atoms with Gasteiger partial charge in [0.25, 0.3) is 0 Å². The average molecular weight is 173 g/mol. The first-order valence-electron chi connectivity index (χ1n) is 3.78. The zero-order valence-corrected chi connectivity index (χ0v) is 6.81. The average Bonchev–Trinajstić information content (AvgIpc) is 2.58. The molecule has 0 bridgehead atoms. The molecule has 2 aromatic rings. The minimum Gasteiger partial charge on any atom is -0.325 e. The Balaban J connectivity index is 2.65. The molecule has 0 saturated carbocycles. The fourth-order valence-electron chi connectivity index (χ4n) is 1.08. The van der Waals surface area contributed by atoms with Gasteiger partial charge in [-0.2, -0.15) is 10.4 Å². The van der Waals surface area contributed by atoms with Crippen LogP contribution >= 0.6 is 0 Å². The molecule has 0 radical (unpaired) electrons. The lowest BCUT2D eigenvalue weighted by molar-refractivity contribution is 0.872. The van der Waals surface area contributed by atoms with Crippen molar-refractivity contribution in [2.75, 3.05) is 0 Å². The van der Waals surface area contributed by atoms with Crippen LogP contribution in [-0.2, 0) is 6.54 Å². The molecule has 5 heteroatoms. The summed E-state index contributed by atoms with van der Waals surface area (Å²) >= 11 is 0. The second-order valence-electron chi connectivity index (χ2n) is 2.60. The van der Waals surface area contributed by atoms with E-state index in [-0.39, 0.29) is 0 Å². The van der Waals surface area contributed by atoms with E-state index in [1.807, 2.05) is 6.07 Å². The van der Waals surface area contributed by atoms with Crippen LogP contribution in [0.15, 0.2) is 18.5 Å². The smallest absolute Gasteiger partial charge is 0.155 e. The predicted molar refractivity (Wildman–Crippen MR) is 45.6 cm³/mol. The fourth-order valence-corrected chi connectivity index (χ4v) is 1.08. The molecule has 2 heterocycles. The lowest BCUT2D eigenvalue weighted by Crippen LogP contribution is -1.97. The Kier molecular flexibility index (Phi) is 1.69. The van der Waals surface area contributed by atoms with Crippen molar-refractivity contribution in [3.63, 3.8) is 0 Å². The van der Waals surface area contributed by atoms with Crippen molar-refractivity contribution in [3.05, 3.63) is 29.7 Å². The van der Waals surface area contributed by atoms with Gasteiger partial charge >= 0.3 is 0 Å². The maximum Gasteiger partial charge on any atom is 0.155 e. The minimum absolute atomic E-state index is 0.380. The molecular weight excluding hydrogens is 166 g/mol. The first-order valence-corrected chi connectivity index (χ1v) is 3.78. The van der Waals surface area contributed by atoms with E-state index in [0.29, 0.717) is 17.8 Å². The SMILES string of the molecule is N#Cc1cnc2cc(CN)nn2c1. The normalized spacial score (nSPS) is 10.2. The van der Waals surface area contributed by atoms with Crippen LogP contribution in [0.3, 0.4) is 0 Å². The molecule has 2 N–H and O–H groups in total. The van der Waals surface area contributed by atoms with Gasteiger partial charge < -0.3 is 5.73 Å². The molecular formula is C8H7N5. The first-order chi connectivity index (χ1) is 6.33. The van der Waals surface area contributed by atoms with E-state index in [4.69, 9.17) is 11.0 Å². The summed E-state index contributed by atoms with van der Waals surface area (Å²) in [7, 11) is 0. The largest absolute Gasteiger partial charge is 0.325 e. The van der Waals surface area contributed by atoms with Gasteiger partial charge in [-0.15, -0.1) is 0 Å². The van der Waals surface area contributed by atoms with Crippen molar-refractivity contribution >= 4 is 5.65 Å². The van der Waals surface area contributed by atoms with E-state index in [0.717, 1.165) is 5.69 Å². The Morgan fingerprint density at radius 3 is 3.15 bits per heavy atom. The van der Waals surface area contributed by atoms with Crippen molar-refractivity contribution in [1.82, 2.24) is 14.6 Å². The van der Waals surface area contributed by atoms with E-state index in [9.17, 15) is 0 Å². The summed E-state index contributed by atoms with van der Waals surface area (Å²) in [5, 5.41) is 12.7. The molecule has 64 valence electrons. The maximum absolute atomic E-state index is 8.61. The Bertz CT molecular complexity index is 479. The summed E-state index contributed by atoms with van der Waals surface area (Å²) in [6.07, 6.45) is 3.14. The highest BCUT2D eigenvalue weighted by Gasteiger charge is 2.01. The number of rotatable bonds is 1. The van der Waals surface area contributed by atoms with Crippen LogP contribution < -0.4 is 5.73 Å². The first kappa shape index (κ1) is 7.71. The summed E-state index contributed by atoms with van der Waals surface area (Å²) in [6.45, 7) is 0.380. The van der Waals surface area contributed by atoms with Crippen molar-refractivity contribution in [2.45, 2.75) is 6.54 Å². The number of aromatic nitrogens is 3. The van der Waals surface area contributed by atoms with Gasteiger partial charge in [0.1, 0.15) is 6.07 Å². The van der Waals surface area contributed by atoms with E-state index in [2.05, 4.69) is 10.1 Å². The summed E-state index contributed by atoms with van der Waals surface area (Å²) < 4.78 is 1.56. The van der Waals surface area contributed by atoms with Gasteiger partial charge in [0.15, 0.2) is 5.65 Å². The number of nitriles is 1. The second-order valence-corrected chi connectivity index (χ2v) is 2.60. The van der Waals surface area contributed by atoms with Crippen molar-refractivity contribution in [3.8, 4) is 6.07 Å². The van der Waals surface area contributed by atoms with Gasteiger partial charge in [0, 0.05) is 18.8 Å². The van der Waals surface area contributed by atoms with E-state index in [1.165, 1.54) is 6.20 Å². The molecule has 0 saturated heterocycles. The Labute approximate surface area is 74.4 Å². The topological polar surface area (TPSA) is 80.0 Å². The quantitative estimate of drug-likeness (QED) is 0.661. The molecule has 0 unspecified atom stereocenters. The highest BCUT2D eigenvalue weighted by Crippen LogP contribution is 2.03. The number of nitrogens with two attached hydrogens (primary N) is 1. The van der Waals surface area contributed by atoms with Gasteiger partial charge in [0.05, 0.1) is 17.5 Å². The molecule has 2 rings (SSSR count). The van der Waals surface area contributed by atoms with Gasteiger partial charge in [-0.25, -0.2) is 9.50 Å². The Morgan fingerprint density at radius 2 is 2.46 bits per heavy atom. The van der Waals surface area contributed by atoms with Gasteiger partial charge in [-0.1, -0.05) is 0 Å². The van der Waals surface area contributed by atoms with Crippen LogP contribution in [0.5, 0.6) is 0 Å². The zero-order chi connectivity index (χ0) is 9.26. The van der Waals surface area contributed by atoms with Crippen LogP contribution in [-0.4, -0.2) is 14.6 Å². The number of hydrogen-bond donors (Lipinski definition) is 1. The summed E-state index contributed by atoms with van der Waals surface area (Å²) in [5.41, 5.74) is 7.38. The van der Waals surface area contributed by atoms with Gasteiger partial charge in [-0.3, -0.25) is 0 Å². The third-order valence-electron chi connectivity index (χ3n) is 1.70. The van der Waals surface area contributed by atoms with Crippen molar-refractivity contribution in [2.24, 2.45) is 5.73 Å². The number of fused-ring (bicyclic) bond motifs is 1. The zero-order valence-electron chi connectivity index (χ0n) is 6.81. The Hall–Kier alpha value is -1.93. The molecule has 0 aliphatic carbocycles. The highest BCUT2D eigenvalue weighted by atomic mass is 15.2. The fraction of sp³-hybridized carbons (Fsp3) is 0.125. The molecule has 0 amide bonds. The third kappa shape index (κ3) is 1.23. The van der Waals surface area contributed by atoms with Crippen molar-refractivity contribution < 1.29 is 0 Å². The molecule has 5 nitrogen and oxygen atoms in total. The molecule has 0 aromatic carbocycles. The minimum atomic E-state index is 0.380. The van der Waals surface area contributed by atoms with Crippen LogP contribution in [0.25, 0.3) is 5.65 Å². The van der Waals surface area contributed by atoms with Crippen molar-refractivity contribution in [1.29, 1.82) is 5.26 Å². The molecule has 2 aromatic heterocycles. The van der Waals surface area contributed by atoms with Gasteiger partial charge in [0.2, 0.25) is 0 Å². The van der Waals surface area contributed by atoms with E-state index < -0.39 is 0 Å². The second kappa shape index (κ2) is 2.84. The van der Waals surface area contributed by atoms with E-state index in [1.54, 1.807) is 16.8 Å². The lowest BCUT2D eigenvalue weighted by atomic mass is 10.4. The molecule has 0 fully saturated rings. The maximum atomic E-state index is 8.61. The van der Waals surface area contributed by atoms with Crippen LogP contribution in [0.1, 0.15) is 11.3 Å². The molecule has 0 aliphatic heterocycles. The predicted octanol–water partition coefficient (Wildman–Crippen LogP) is 0.0597. The summed E-state index contributed by atoms with van der Waals surface area (Å²) in [5.74, 6) is 0. The number of nitrogens with zero attached hydrogens (tertiary/aromatic N) is 4. The highest BCUT2D eigenvalue weighted by molar-refractivity contribution is 5.41. The molecule has 13 heavy (non-hydrogen) atoms. The van der Waals surface area contributed by atoms with Crippen LogP contribution in [0.4, 0.5) is 0 Å². The third-order valence-corrected chi connectivity index (χ3v) is 1.70. The molecule has 0 atom stereocenters.